The maximum atomic E-state index is 13.2. The van der Waals surface area contributed by atoms with Crippen molar-refractivity contribution in [1.29, 1.82) is 0 Å². The maximum absolute atomic E-state index is 13.2. The molecule has 0 saturated carbocycles. The lowest BCUT2D eigenvalue weighted by Gasteiger charge is -2.33. The van der Waals surface area contributed by atoms with Gasteiger partial charge in [-0.1, -0.05) is 11.6 Å². The minimum absolute atomic E-state index is 0.00568. The highest BCUT2D eigenvalue weighted by Crippen LogP contribution is 2.22. The first-order valence-corrected chi connectivity index (χ1v) is 11.9. The number of hydrogen-bond acceptors (Lipinski definition) is 6. The molecule has 1 aliphatic rings. The molecule has 1 saturated heterocycles. The average Bonchev–Trinajstić information content (AvgIpc) is 3.41. The van der Waals surface area contributed by atoms with E-state index in [-0.39, 0.29) is 54.4 Å². The molecule has 0 unspecified atom stereocenters. The van der Waals surface area contributed by atoms with Crippen LogP contribution in [0.1, 0.15) is 16.2 Å². The second-order valence-electron chi connectivity index (χ2n) is 7.50. The minimum Gasteiger partial charge on any atom is -0.471 e. The van der Waals surface area contributed by atoms with Gasteiger partial charge in [-0.25, -0.2) is 17.5 Å². The van der Waals surface area contributed by atoms with Gasteiger partial charge in [0.25, 0.3) is 5.91 Å². The zero-order chi connectivity index (χ0) is 23.8. The van der Waals surface area contributed by atoms with E-state index < -0.39 is 15.8 Å². The van der Waals surface area contributed by atoms with E-state index in [4.69, 9.17) is 16.3 Å². The summed E-state index contributed by atoms with van der Waals surface area (Å²) in [6.45, 7) is 2.55. The molecule has 1 amide bonds. The van der Waals surface area contributed by atoms with Gasteiger partial charge in [-0.15, -0.1) is 0 Å². The van der Waals surface area contributed by atoms with Crippen LogP contribution in [0.4, 0.5) is 4.39 Å². The van der Waals surface area contributed by atoms with Gasteiger partial charge in [0.1, 0.15) is 16.5 Å². The molecular formula is C20H22ClFN6O4S. The standard InChI is InChI=1S/C20H22ClFN6O4S/c1-14-19(12-23-25(14)2)33(30,31)28-9-7-26(8-10-28)20(29)18-5-6-27(24-18)13-32-15-3-4-17(22)16(21)11-15/h3-6,11-12H,7-10,13H2,1-2H3. The van der Waals surface area contributed by atoms with Gasteiger partial charge < -0.3 is 9.64 Å². The number of sulfonamides is 1. The quantitative estimate of drug-likeness (QED) is 0.516. The third-order valence-electron chi connectivity index (χ3n) is 5.45. The molecule has 0 N–H and O–H groups in total. The van der Waals surface area contributed by atoms with E-state index in [9.17, 15) is 17.6 Å². The van der Waals surface area contributed by atoms with Crippen molar-refractivity contribution in [2.45, 2.75) is 18.6 Å². The molecule has 0 aliphatic carbocycles. The molecule has 10 nitrogen and oxygen atoms in total. The van der Waals surface area contributed by atoms with Crippen molar-refractivity contribution in [3.05, 3.63) is 58.9 Å². The molecule has 0 spiro atoms. The molecule has 33 heavy (non-hydrogen) atoms. The first kappa shape index (κ1) is 23.2. The van der Waals surface area contributed by atoms with Crippen LogP contribution in [-0.4, -0.2) is 69.3 Å². The maximum Gasteiger partial charge on any atom is 0.274 e. The van der Waals surface area contributed by atoms with Gasteiger partial charge in [0, 0.05) is 45.5 Å². The SMILES string of the molecule is Cc1c(S(=O)(=O)N2CCN(C(=O)c3ccn(COc4ccc(F)c(Cl)c4)n3)CC2)cnn1C. The Morgan fingerprint density at radius 2 is 1.94 bits per heavy atom. The van der Waals surface area contributed by atoms with Crippen LogP contribution in [0.3, 0.4) is 0 Å². The lowest BCUT2D eigenvalue weighted by molar-refractivity contribution is 0.0690. The summed E-state index contributed by atoms with van der Waals surface area (Å²) in [7, 11) is -1.99. The zero-order valence-electron chi connectivity index (χ0n) is 18.0. The summed E-state index contributed by atoms with van der Waals surface area (Å²) in [5, 5.41) is 8.18. The zero-order valence-corrected chi connectivity index (χ0v) is 19.6. The van der Waals surface area contributed by atoms with Crippen molar-refractivity contribution in [3.63, 3.8) is 0 Å². The summed E-state index contributed by atoms with van der Waals surface area (Å²) < 4.78 is 48.9. The van der Waals surface area contributed by atoms with Crippen molar-refractivity contribution in [1.82, 2.24) is 28.8 Å². The highest BCUT2D eigenvalue weighted by atomic mass is 35.5. The Bertz CT molecular complexity index is 1280. The molecule has 2 aromatic heterocycles. The normalized spacial score (nSPS) is 15.1. The highest BCUT2D eigenvalue weighted by molar-refractivity contribution is 7.89. The molecule has 1 aliphatic heterocycles. The van der Waals surface area contributed by atoms with Gasteiger partial charge in [-0.3, -0.25) is 9.48 Å². The Kier molecular flexibility index (Phi) is 6.41. The van der Waals surface area contributed by atoms with E-state index >= 15 is 0 Å². The lowest BCUT2D eigenvalue weighted by Crippen LogP contribution is -2.50. The fourth-order valence-electron chi connectivity index (χ4n) is 3.42. The molecule has 1 fully saturated rings. The van der Waals surface area contributed by atoms with Crippen LogP contribution in [0.5, 0.6) is 5.75 Å². The van der Waals surface area contributed by atoms with Gasteiger partial charge in [-0.05, 0) is 25.1 Å². The van der Waals surface area contributed by atoms with Crippen molar-refractivity contribution >= 4 is 27.5 Å². The van der Waals surface area contributed by atoms with E-state index in [1.165, 1.54) is 38.1 Å². The van der Waals surface area contributed by atoms with E-state index in [1.54, 1.807) is 31.1 Å². The Labute approximate surface area is 195 Å². The van der Waals surface area contributed by atoms with Crippen molar-refractivity contribution in [3.8, 4) is 5.75 Å². The van der Waals surface area contributed by atoms with Gasteiger partial charge in [0.05, 0.1) is 16.9 Å². The van der Waals surface area contributed by atoms with Crippen molar-refractivity contribution in [2.75, 3.05) is 26.2 Å². The lowest BCUT2D eigenvalue weighted by atomic mass is 10.3. The number of piperazine rings is 1. The van der Waals surface area contributed by atoms with Gasteiger partial charge in [0.2, 0.25) is 10.0 Å². The topological polar surface area (TPSA) is 103 Å². The van der Waals surface area contributed by atoms with E-state index in [0.717, 1.165) is 0 Å². The summed E-state index contributed by atoms with van der Waals surface area (Å²) in [5.41, 5.74) is 0.777. The predicted octanol–water partition coefficient (Wildman–Crippen LogP) is 1.90. The molecule has 176 valence electrons. The Morgan fingerprint density at radius 3 is 2.58 bits per heavy atom. The summed E-state index contributed by atoms with van der Waals surface area (Å²) in [4.78, 5) is 14.6. The molecule has 3 aromatic rings. The van der Waals surface area contributed by atoms with Crippen LogP contribution in [0.2, 0.25) is 5.02 Å². The number of halogens is 2. The molecule has 3 heterocycles. The smallest absolute Gasteiger partial charge is 0.274 e. The number of amides is 1. The van der Waals surface area contributed by atoms with Crippen LogP contribution < -0.4 is 4.74 Å². The number of carbonyl (C=O) groups is 1. The third kappa shape index (κ3) is 4.72. The van der Waals surface area contributed by atoms with E-state index in [1.807, 2.05) is 0 Å². The monoisotopic (exact) mass is 496 g/mol. The van der Waals surface area contributed by atoms with Crippen LogP contribution in [0, 0.1) is 12.7 Å². The molecule has 0 bridgehead atoms. The number of aryl methyl sites for hydroxylation is 1. The van der Waals surface area contributed by atoms with Crippen LogP contribution >= 0.6 is 11.6 Å². The largest absolute Gasteiger partial charge is 0.471 e. The number of benzene rings is 1. The van der Waals surface area contributed by atoms with Crippen LogP contribution in [0.15, 0.2) is 41.6 Å². The Hall–Kier alpha value is -2.96. The van der Waals surface area contributed by atoms with E-state index in [0.29, 0.717) is 11.4 Å². The molecule has 0 atom stereocenters. The molecule has 4 rings (SSSR count). The first-order chi connectivity index (χ1) is 15.7. The molecule has 13 heteroatoms. The molecule has 1 aromatic carbocycles. The molecular weight excluding hydrogens is 475 g/mol. The number of ether oxygens (including phenoxy) is 1. The highest BCUT2D eigenvalue weighted by Gasteiger charge is 2.33. The Morgan fingerprint density at radius 1 is 1.21 bits per heavy atom. The Balaban J connectivity index is 1.35. The van der Waals surface area contributed by atoms with Crippen molar-refractivity contribution in [2.24, 2.45) is 7.05 Å². The average molecular weight is 497 g/mol. The predicted molar refractivity (Wildman–Crippen MR) is 117 cm³/mol. The number of carbonyl (C=O) groups excluding carboxylic acids is 1. The van der Waals surface area contributed by atoms with Gasteiger partial charge >= 0.3 is 0 Å². The second kappa shape index (κ2) is 9.12. The first-order valence-electron chi connectivity index (χ1n) is 10.1. The number of nitrogens with zero attached hydrogens (tertiary/aromatic N) is 6. The third-order valence-corrected chi connectivity index (χ3v) is 7.74. The molecule has 0 radical (unpaired) electrons. The second-order valence-corrected chi connectivity index (χ2v) is 9.82. The van der Waals surface area contributed by atoms with Crippen LogP contribution in [0.25, 0.3) is 0 Å². The summed E-state index contributed by atoms with van der Waals surface area (Å²) >= 11 is 5.74. The van der Waals surface area contributed by atoms with Crippen LogP contribution in [-0.2, 0) is 23.8 Å². The minimum atomic E-state index is -3.68. The fourth-order valence-corrected chi connectivity index (χ4v) is 5.20. The van der Waals surface area contributed by atoms with E-state index in [2.05, 4.69) is 10.2 Å². The number of aromatic nitrogens is 4. The summed E-state index contributed by atoms with van der Waals surface area (Å²) in [6, 6.07) is 5.56. The summed E-state index contributed by atoms with van der Waals surface area (Å²) in [6.07, 6.45) is 2.93. The van der Waals surface area contributed by atoms with Gasteiger partial charge in [-0.2, -0.15) is 14.5 Å². The fraction of sp³-hybridized carbons (Fsp3) is 0.350. The number of rotatable bonds is 6. The summed E-state index contributed by atoms with van der Waals surface area (Å²) in [5.74, 6) is -0.474. The number of hydrogen-bond donors (Lipinski definition) is 0. The van der Waals surface area contributed by atoms with Crippen molar-refractivity contribution < 1.29 is 22.3 Å². The van der Waals surface area contributed by atoms with Gasteiger partial charge in [0.15, 0.2) is 12.4 Å².